The Morgan fingerprint density at radius 3 is 2.47 bits per heavy atom. The predicted octanol–water partition coefficient (Wildman–Crippen LogP) is 0.601. The summed E-state index contributed by atoms with van der Waals surface area (Å²) in [6.45, 7) is 3.43. The molecule has 34 heavy (non-hydrogen) atoms. The van der Waals surface area contributed by atoms with Crippen molar-refractivity contribution in [2.75, 3.05) is 24.7 Å². The van der Waals surface area contributed by atoms with E-state index in [0.29, 0.717) is 35.6 Å². The van der Waals surface area contributed by atoms with Gasteiger partial charge in [-0.15, -0.1) is 5.11 Å². The lowest BCUT2D eigenvalue weighted by molar-refractivity contribution is -0.0697. The first-order valence-electron chi connectivity index (χ1n) is 11.3. The Labute approximate surface area is 205 Å². The monoisotopic (exact) mass is 456 g/mol. The van der Waals surface area contributed by atoms with E-state index in [2.05, 4.69) is 4.90 Å². The van der Waals surface area contributed by atoms with Gasteiger partial charge in [-0.1, -0.05) is 35.9 Å². The molecule has 2 aromatic carbocycles. The summed E-state index contributed by atoms with van der Waals surface area (Å²) in [5, 5.41) is 30.4. The van der Waals surface area contributed by atoms with Gasteiger partial charge in [0.15, 0.2) is 0 Å². The van der Waals surface area contributed by atoms with Crippen LogP contribution >= 0.6 is 0 Å². The Kier molecular flexibility index (Phi) is 8.08. The van der Waals surface area contributed by atoms with E-state index in [1.54, 1.807) is 49.5 Å². The van der Waals surface area contributed by atoms with Crippen LogP contribution in [0.5, 0.6) is 5.75 Å². The average molecular weight is 456 g/mol. The van der Waals surface area contributed by atoms with Crippen molar-refractivity contribution in [1.29, 1.82) is 0 Å². The van der Waals surface area contributed by atoms with E-state index < -0.39 is 10.7 Å². The van der Waals surface area contributed by atoms with Gasteiger partial charge in [0.05, 0.1) is 47.1 Å². The number of hydrogen-bond donors (Lipinski definition) is 5. The summed E-state index contributed by atoms with van der Waals surface area (Å²) in [7, 11) is 17.1. The Morgan fingerprint density at radius 1 is 1.21 bits per heavy atom. The molecule has 0 aromatic heterocycles. The molecule has 10 heteroatoms. The second-order valence-electron chi connectivity index (χ2n) is 9.40. The number of piperidine rings is 1. The third-order valence-electron chi connectivity index (χ3n) is 6.46. The molecule has 0 spiro atoms. The van der Waals surface area contributed by atoms with E-state index in [9.17, 15) is 15.3 Å². The number of anilines is 1. The first-order valence-corrected chi connectivity index (χ1v) is 11.3. The van der Waals surface area contributed by atoms with Crippen molar-refractivity contribution in [2.45, 2.75) is 37.0 Å². The topological polar surface area (TPSA) is 119 Å². The van der Waals surface area contributed by atoms with Gasteiger partial charge in [0.25, 0.3) is 0 Å². The van der Waals surface area contributed by atoms with Crippen LogP contribution < -0.4 is 16.6 Å². The van der Waals surface area contributed by atoms with Crippen LogP contribution in [0, 0.1) is 5.92 Å². The van der Waals surface area contributed by atoms with Gasteiger partial charge < -0.3 is 21.1 Å². The van der Waals surface area contributed by atoms with Gasteiger partial charge in [0, 0.05) is 36.8 Å². The number of rotatable bonds is 8. The van der Waals surface area contributed by atoms with Crippen LogP contribution in [0.1, 0.15) is 36.5 Å². The van der Waals surface area contributed by atoms with Crippen LogP contribution in [-0.4, -0.2) is 69.1 Å². The highest BCUT2D eigenvalue weighted by atomic mass is 16.3. The molecule has 7 N–H and O–H groups in total. The highest BCUT2D eigenvalue weighted by Crippen LogP contribution is 2.30. The van der Waals surface area contributed by atoms with Crippen LogP contribution in [0.15, 0.2) is 48.7 Å². The number of nitrogens with two attached hydrogens (primary N) is 2. The molecule has 0 amide bonds. The minimum atomic E-state index is -1.43. The first kappa shape index (κ1) is 26.2. The molecule has 3 rings (SSSR count). The van der Waals surface area contributed by atoms with Crippen molar-refractivity contribution in [3.8, 4) is 5.75 Å². The summed E-state index contributed by atoms with van der Waals surface area (Å²) < 4.78 is 0. The second-order valence-corrected chi connectivity index (χ2v) is 9.40. The Balaban J connectivity index is 1.68. The molecule has 2 aromatic rings. The fourth-order valence-electron chi connectivity index (χ4n) is 4.17. The predicted molar refractivity (Wildman–Crippen MR) is 138 cm³/mol. The third kappa shape index (κ3) is 6.39. The van der Waals surface area contributed by atoms with Crippen LogP contribution in [0.3, 0.4) is 0 Å². The minimum Gasteiger partial charge on any atom is -0.508 e. The summed E-state index contributed by atoms with van der Waals surface area (Å²) >= 11 is 0. The quantitative estimate of drug-likeness (QED) is 0.224. The summed E-state index contributed by atoms with van der Waals surface area (Å²) in [4.78, 5) is 2.17. The summed E-state index contributed by atoms with van der Waals surface area (Å²) in [5.41, 5.74) is 8.07. The van der Waals surface area contributed by atoms with Gasteiger partial charge >= 0.3 is 0 Å². The molecule has 0 aliphatic carbocycles. The summed E-state index contributed by atoms with van der Waals surface area (Å²) in [5.74, 6) is 6.25. The zero-order valence-corrected chi connectivity index (χ0v) is 19.6. The Hall–Kier alpha value is -2.39. The number of likely N-dealkylation sites (tertiary alicyclic amines) is 1. The fourth-order valence-corrected chi connectivity index (χ4v) is 4.17. The maximum absolute atomic E-state index is 10.6. The standard InChI is InChI=1S/C24H31B3N4O3/c1-23(34,15-32)19-3-2-10-30(13-19)12-17-6-9-20(11-22(17)33)31(29)14-21(28)16-4-7-18(8-5-16)24(25,26)27/h4-9,11,14,19,32-34H,2-3,10,12-13,15,28-29H2,1H3/b21-14-/t19?,23-/m1/s1. The lowest BCUT2D eigenvalue weighted by Gasteiger charge is -2.39. The number of aliphatic hydroxyl groups is 2. The molecule has 1 saturated heterocycles. The second kappa shape index (κ2) is 10.5. The van der Waals surface area contributed by atoms with Gasteiger partial charge in [-0.25, -0.2) is 5.84 Å². The number of hydrazine groups is 1. The third-order valence-corrected chi connectivity index (χ3v) is 6.46. The highest BCUT2D eigenvalue weighted by Gasteiger charge is 2.34. The molecular weight excluding hydrogens is 425 g/mol. The summed E-state index contributed by atoms with van der Waals surface area (Å²) in [6.07, 6.45) is 3.33. The normalized spacial score (nSPS) is 19.5. The molecule has 1 fully saturated rings. The molecule has 1 aliphatic rings. The number of hydrogen-bond acceptors (Lipinski definition) is 7. The zero-order chi connectivity index (χ0) is 25.1. The van der Waals surface area contributed by atoms with Crippen molar-refractivity contribution in [1.82, 2.24) is 4.90 Å². The number of phenols is 1. The number of nitrogens with zero attached hydrogens (tertiary/aromatic N) is 2. The van der Waals surface area contributed by atoms with Gasteiger partial charge in [-0.05, 0) is 37.9 Å². The molecule has 1 unspecified atom stereocenters. The van der Waals surface area contributed by atoms with E-state index >= 15 is 0 Å². The minimum absolute atomic E-state index is 0.0228. The van der Waals surface area contributed by atoms with Gasteiger partial charge in [0.1, 0.15) is 5.75 Å². The van der Waals surface area contributed by atoms with E-state index in [-0.39, 0.29) is 18.3 Å². The Morgan fingerprint density at radius 2 is 1.88 bits per heavy atom. The molecule has 7 nitrogen and oxygen atoms in total. The van der Waals surface area contributed by atoms with Crippen molar-refractivity contribution in [2.24, 2.45) is 17.5 Å². The lowest BCUT2D eigenvalue weighted by atomic mass is 9.40. The number of aliphatic hydroxyl groups excluding tert-OH is 1. The van der Waals surface area contributed by atoms with Crippen molar-refractivity contribution < 1.29 is 15.3 Å². The van der Waals surface area contributed by atoms with Crippen molar-refractivity contribution >= 4 is 34.9 Å². The van der Waals surface area contributed by atoms with Gasteiger partial charge in [-0.2, -0.15) is 0 Å². The smallest absolute Gasteiger partial charge is 0.122 e. The molecule has 6 radical (unpaired) electrons. The maximum Gasteiger partial charge on any atom is 0.122 e. The lowest BCUT2D eigenvalue weighted by Crippen LogP contribution is -2.47. The van der Waals surface area contributed by atoms with Crippen molar-refractivity contribution in [3.63, 3.8) is 0 Å². The molecule has 174 valence electrons. The molecule has 0 bridgehead atoms. The van der Waals surface area contributed by atoms with Crippen LogP contribution in [-0.2, 0) is 11.7 Å². The number of aromatic hydroxyl groups is 1. The van der Waals surface area contributed by atoms with E-state index in [0.717, 1.165) is 24.9 Å². The number of benzene rings is 2. The van der Waals surface area contributed by atoms with Crippen LogP contribution in [0.2, 0.25) is 0 Å². The molecular formula is C24H31B3N4O3. The zero-order valence-electron chi connectivity index (χ0n) is 19.6. The maximum atomic E-state index is 10.6. The molecule has 0 saturated carbocycles. The largest absolute Gasteiger partial charge is 0.508 e. The molecule has 1 heterocycles. The average Bonchev–Trinajstić information content (AvgIpc) is 2.80. The van der Waals surface area contributed by atoms with Crippen LogP contribution in [0.25, 0.3) is 5.70 Å². The van der Waals surface area contributed by atoms with Gasteiger partial charge in [-0.3, -0.25) is 9.91 Å². The molecule has 1 aliphatic heterocycles. The van der Waals surface area contributed by atoms with Crippen molar-refractivity contribution in [3.05, 3.63) is 65.4 Å². The van der Waals surface area contributed by atoms with E-state index in [4.69, 9.17) is 35.1 Å². The van der Waals surface area contributed by atoms with Crippen LogP contribution in [0.4, 0.5) is 5.69 Å². The summed E-state index contributed by atoms with van der Waals surface area (Å²) in [6, 6.07) is 12.1. The highest BCUT2D eigenvalue weighted by molar-refractivity contribution is 6.58. The Bertz CT molecular complexity index is 1010. The van der Waals surface area contributed by atoms with Gasteiger partial charge in [0.2, 0.25) is 0 Å². The molecule has 2 atom stereocenters. The fraction of sp³-hybridized carbons (Fsp3) is 0.417. The SMILES string of the molecule is [B]C([B])([B])c1ccc(/C(N)=C/N(N)c2ccc(CN3CCCC([C@](C)(O)CO)C3)c(O)c2)cc1. The first-order chi connectivity index (χ1) is 15.9. The van der Waals surface area contributed by atoms with E-state index in [1.807, 2.05) is 6.07 Å². The van der Waals surface area contributed by atoms with E-state index in [1.165, 1.54) is 5.01 Å². The number of phenolic OH excluding ortho intramolecular Hbond substituents is 1.